The Kier molecular flexibility index (Phi) is 6.94. The molecule has 3 aromatic heterocycles. The number of β-amino-alcohol motifs (C(OH)–C–C–N with tert-alkyl or cyclic N) is 1. The van der Waals surface area contributed by atoms with Crippen molar-refractivity contribution in [2.75, 3.05) is 31.1 Å². The second kappa shape index (κ2) is 10.3. The number of anilines is 1. The van der Waals surface area contributed by atoms with Gasteiger partial charge in [-0.25, -0.2) is 4.39 Å². The van der Waals surface area contributed by atoms with Gasteiger partial charge >= 0.3 is 12.6 Å². The first-order valence-corrected chi connectivity index (χ1v) is 13.9. The third kappa shape index (κ3) is 4.91. The smallest absolute Gasteiger partial charge is 0.321 e. The topological polar surface area (TPSA) is 105 Å². The summed E-state index contributed by atoms with van der Waals surface area (Å²) in [5.41, 5.74) is -2.14. The van der Waals surface area contributed by atoms with E-state index in [0.717, 1.165) is 50.9 Å². The largest absolute Gasteiger partial charge is 0.463 e. The van der Waals surface area contributed by atoms with E-state index < -0.39 is 23.5 Å². The zero-order chi connectivity index (χ0) is 28.1. The first-order valence-electron chi connectivity index (χ1n) is 13.9. The summed E-state index contributed by atoms with van der Waals surface area (Å²) >= 11 is 0. The van der Waals surface area contributed by atoms with Crippen LogP contribution in [0.3, 0.4) is 0 Å². The molecule has 3 aromatic rings. The predicted octanol–water partition coefficient (Wildman–Crippen LogP) is 4.04. The SMILES string of the molecule is CC1(O)CCCN(c2nc(OCC34CCCNC3CCC4)nc3c(F)c(-c4ccc(=O)n(C(F)F)c4)ncc23)C1. The summed E-state index contributed by atoms with van der Waals surface area (Å²) in [6.45, 7) is 0.941. The van der Waals surface area contributed by atoms with Gasteiger partial charge in [-0.3, -0.25) is 14.3 Å². The monoisotopic (exact) mass is 558 g/mol. The van der Waals surface area contributed by atoms with Gasteiger partial charge in [0.15, 0.2) is 5.82 Å². The summed E-state index contributed by atoms with van der Waals surface area (Å²) in [5.74, 6) is -0.428. The van der Waals surface area contributed by atoms with Gasteiger partial charge in [-0.05, 0) is 58.1 Å². The van der Waals surface area contributed by atoms with Crippen LogP contribution >= 0.6 is 0 Å². The average Bonchev–Trinajstić information content (AvgIpc) is 3.36. The molecule has 3 fully saturated rings. The van der Waals surface area contributed by atoms with Crippen molar-refractivity contribution in [3.63, 3.8) is 0 Å². The molecule has 3 unspecified atom stereocenters. The minimum absolute atomic E-state index is 0.0174. The van der Waals surface area contributed by atoms with Gasteiger partial charge in [0, 0.05) is 48.6 Å². The number of nitrogens with one attached hydrogen (secondary N) is 1. The molecule has 0 bridgehead atoms. The predicted molar refractivity (Wildman–Crippen MR) is 143 cm³/mol. The summed E-state index contributed by atoms with van der Waals surface area (Å²) < 4.78 is 49.3. The number of aliphatic hydroxyl groups is 1. The number of hydrogen-bond donors (Lipinski definition) is 2. The van der Waals surface area contributed by atoms with E-state index in [2.05, 4.69) is 20.3 Å². The van der Waals surface area contributed by atoms with Gasteiger partial charge in [0.1, 0.15) is 17.0 Å². The van der Waals surface area contributed by atoms with Gasteiger partial charge in [0.05, 0.1) is 17.6 Å². The maximum absolute atomic E-state index is 16.1. The lowest BCUT2D eigenvalue weighted by molar-refractivity contribution is 0.0446. The molecule has 3 atom stereocenters. The summed E-state index contributed by atoms with van der Waals surface area (Å²) in [6, 6.07) is 2.59. The van der Waals surface area contributed by atoms with E-state index >= 15 is 4.39 Å². The molecule has 0 amide bonds. The molecule has 1 saturated carbocycles. The highest BCUT2D eigenvalue weighted by Gasteiger charge is 2.45. The van der Waals surface area contributed by atoms with E-state index in [1.165, 1.54) is 12.3 Å². The van der Waals surface area contributed by atoms with Crippen LogP contribution in [-0.2, 0) is 0 Å². The number of nitrogens with zero attached hydrogens (tertiary/aromatic N) is 5. The molecule has 2 saturated heterocycles. The lowest BCUT2D eigenvalue weighted by atomic mass is 9.76. The Morgan fingerprint density at radius 3 is 2.83 bits per heavy atom. The van der Waals surface area contributed by atoms with E-state index in [4.69, 9.17) is 4.74 Å². The lowest BCUT2D eigenvalue weighted by Gasteiger charge is -2.40. The maximum Gasteiger partial charge on any atom is 0.321 e. The number of hydrogen-bond acceptors (Lipinski definition) is 8. The van der Waals surface area contributed by atoms with Crippen molar-refractivity contribution in [3.8, 4) is 17.3 Å². The van der Waals surface area contributed by atoms with Crippen molar-refractivity contribution in [1.82, 2.24) is 24.8 Å². The van der Waals surface area contributed by atoms with Crippen molar-refractivity contribution in [1.29, 1.82) is 0 Å². The van der Waals surface area contributed by atoms with Crippen molar-refractivity contribution in [2.45, 2.75) is 70.1 Å². The van der Waals surface area contributed by atoms with Crippen LogP contribution in [0, 0.1) is 11.2 Å². The molecule has 2 N–H and O–H groups in total. The van der Waals surface area contributed by atoms with Crippen molar-refractivity contribution < 1.29 is 23.0 Å². The molecule has 9 nitrogen and oxygen atoms in total. The van der Waals surface area contributed by atoms with Crippen molar-refractivity contribution in [3.05, 3.63) is 40.7 Å². The number of piperidine rings is 2. The highest BCUT2D eigenvalue weighted by Crippen LogP contribution is 2.44. The average molecular weight is 559 g/mol. The van der Waals surface area contributed by atoms with Crippen LogP contribution in [0.2, 0.25) is 0 Å². The van der Waals surface area contributed by atoms with Crippen LogP contribution in [0.4, 0.5) is 19.0 Å². The molecule has 0 spiro atoms. The van der Waals surface area contributed by atoms with Crippen LogP contribution < -0.4 is 20.5 Å². The Morgan fingerprint density at radius 1 is 1.20 bits per heavy atom. The zero-order valence-corrected chi connectivity index (χ0v) is 22.4. The summed E-state index contributed by atoms with van der Waals surface area (Å²) in [7, 11) is 0. The second-order valence-corrected chi connectivity index (χ2v) is 11.6. The standard InChI is InChI=1S/C28H33F3N6O3/c1-27(39)8-4-12-36(15-27)24-18-13-33-22(17-6-7-20(38)37(14-17)25(30)31)21(29)23(18)34-26(35-24)40-16-28-9-2-5-19(28)32-11-3-10-28/h6-7,13-14,19,25,32,39H,2-5,8-12,15-16H2,1H3. The van der Waals surface area contributed by atoms with Gasteiger partial charge < -0.3 is 20.1 Å². The number of halogens is 3. The quantitative estimate of drug-likeness (QED) is 0.467. The Balaban J connectivity index is 1.43. The zero-order valence-electron chi connectivity index (χ0n) is 22.4. The van der Waals surface area contributed by atoms with E-state index in [1.807, 2.05) is 4.90 Å². The Bertz CT molecular complexity index is 1480. The minimum Gasteiger partial charge on any atom is -0.463 e. The van der Waals surface area contributed by atoms with E-state index in [0.29, 0.717) is 43.2 Å². The number of ether oxygens (including phenoxy) is 1. The normalized spacial score (nSPS) is 26.9. The molecule has 0 aromatic carbocycles. The number of rotatable bonds is 6. The Morgan fingerprint density at radius 2 is 2.02 bits per heavy atom. The van der Waals surface area contributed by atoms with Crippen molar-refractivity contribution in [2.24, 2.45) is 5.41 Å². The molecule has 3 aliphatic rings. The molecule has 0 radical (unpaired) electrons. The third-order valence-corrected chi connectivity index (χ3v) is 8.68. The fourth-order valence-corrected chi connectivity index (χ4v) is 6.65. The lowest BCUT2D eigenvalue weighted by Crippen LogP contribution is -2.49. The molecular weight excluding hydrogens is 525 g/mol. The minimum atomic E-state index is -3.08. The van der Waals surface area contributed by atoms with Crippen LogP contribution in [0.25, 0.3) is 22.2 Å². The summed E-state index contributed by atoms with van der Waals surface area (Å²) in [5, 5.41) is 14.7. The molecule has 2 aliphatic heterocycles. The molecule has 1 aliphatic carbocycles. The molecular formula is C28H33F3N6O3. The van der Waals surface area contributed by atoms with Gasteiger partial charge in [-0.1, -0.05) is 6.42 Å². The van der Waals surface area contributed by atoms with Crippen molar-refractivity contribution >= 4 is 16.7 Å². The number of pyridine rings is 2. The van der Waals surface area contributed by atoms with E-state index in [1.54, 1.807) is 6.92 Å². The van der Waals surface area contributed by atoms with Crippen LogP contribution in [-0.4, -0.2) is 62.5 Å². The fraction of sp³-hybridized carbons (Fsp3) is 0.571. The number of fused-ring (bicyclic) bond motifs is 2. The van der Waals surface area contributed by atoms with Gasteiger partial charge in [0.25, 0.3) is 5.56 Å². The number of aromatic nitrogens is 4. The number of alkyl halides is 2. The fourth-order valence-electron chi connectivity index (χ4n) is 6.65. The maximum atomic E-state index is 16.1. The molecule has 40 heavy (non-hydrogen) atoms. The molecule has 5 heterocycles. The Labute approximate surface area is 229 Å². The van der Waals surface area contributed by atoms with Crippen LogP contribution in [0.5, 0.6) is 6.01 Å². The molecule has 214 valence electrons. The molecule has 6 rings (SSSR count). The first-order chi connectivity index (χ1) is 19.2. The molecule has 12 heteroatoms. The first kappa shape index (κ1) is 26.9. The van der Waals surface area contributed by atoms with Crippen LogP contribution in [0.15, 0.2) is 29.3 Å². The third-order valence-electron chi connectivity index (χ3n) is 8.68. The summed E-state index contributed by atoms with van der Waals surface area (Å²) in [4.78, 5) is 27.1. The van der Waals surface area contributed by atoms with Gasteiger partial charge in [-0.15, -0.1) is 0 Å². The highest BCUT2D eigenvalue weighted by molar-refractivity contribution is 5.92. The second-order valence-electron chi connectivity index (χ2n) is 11.6. The van der Waals surface area contributed by atoms with E-state index in [-0.39, 0.29) is 39.3 Å². The summed E-state index contributed by atoms with van der Waals surface area (Å²) in [6.07, 6.45) is 8.95. The van der Waals surface area contributed by atoms with E-state index in [9.17, 15) is 18.7 Å². The van der Waals surface area contributed by atoms with Gasteiger partial charge in [-0.2, -0.15) is 18.7 Å². The van der Waals surface area contributed by atoms with Gasteiger partial charge in [0.2, 0.25) is 0 Å². The van der Waals surface area contributed by atoms with Crippen LogP contribution in [0.1, 0.15) is 58.4 Å². The highest BCUT2D eigenvalue weighted by atomic mass is 19.3. The Hall–Kier alpha value is -3.25.